The number of ether oxygens (including phenoxy) is 1. The molecular formula is C23H33IN4OS. The van der Waals surface area contributed by atoms with Crippen LogP contribution < -0.4 is 15.4 Å². The van der Waals surface area contributed by atoms with E-state index < -0.39 is 0 Å². The first kappa shape index (κ1) is 24.8. The summed E-state index contributed by atoms with van der Waals surface area (Å²) >= 11 is 1.97. The van der Waals surface area contributed by atoms with E-state index in [0.717, 1.165) is 30.4 Å². The Morgan fingerprint density at radius 1 is 1.07 bits per heavy atom. The Bertz CT molecular complexity index is 797. The summed E-state index contributed by atoms with van der Waals surface area (Å²) in [4.78, 5) is 7.84. The average Bonchev–Trinajstić information content (AvgIpc) is 3.49. The molecule has 3 rings (SSSR count). The highest BCUT2D eigenvalue weighted by molar-refractivity contribution is 14.0. The molecule has 0 radical (unpaired) electrons. The Kier molecular flexibility index (Phi) is 10.3. The summed E-state index contributed by atoms with van der Waals surface area (Å²) in [7, 11) is 5.92. The third-order valence-electron chi connectivity index (χ3n) is 4.90. The molecular weight excluding hydrogens is 507 g/mol. The van der Waals surface area contributed by atoms with Crippen LogP contribution in [0.4, 0.5) is 0 Å². The van der Waals surface area contributed by atoms with Crippen molar-refractivity contribution in [1.82, 2.24) is 15.5 Å². The van der Waals surface area contributed by atoms with Crippen molar-refractivity contribution in [3.8, 4) is 5.75 Å². The van der Waals surface area contributed by atoms with Crippen molar-refractivity contribution >= 4 is 41.7 Å². The summed E-state index contributed by atoms with van der Waals surface area (Å²) in [6, 6.07) is 18.8. The van der Waals surface area contributed by atoms with Crippen molar-refractivity contribution in [3.63, 3.8) is 0 Å². The fourth-order valence-electron chi connectivity index (χ4n) is 2.97. The third-order valence-corrected chi connectivity index (χ3v) is 6.40. The monoisotopic (exact) mass is 540 g/mol. The van der Waals surface area contributed by atoms with Crippen LogP contribution in [-0.2, 0) is 6.54 Å². The number of aliphatic imine (C=N–C) groups is 1. The largest absolute Gasteiger partial charge is 0.492 e. The van der Waals surface area contributed by atoms with Crippen molar-refractivity contribution in [2.75, 3.05) is 40.8 Å². The Morgan fingerprint density at radius 2 is 1.77 bits per heavy atom. The molecule has 5 nitrogen and oxygen atoms in total. The van der Waals surface area contributed by atoms with Crippen LogP contribution in [0.1, 0.15) is 18.4 Å². The van der Waals surface area contributed by atoms with Crippen LogP contribution in [0, 0.1) is 0 Å². The second-order valence-electron chi connectivity index (χ2n) is 7.64. The zero-order chi connectivity index (χ0) is 20.5. The van der Waals surface area contributed by atoms with Crippen LogP contribution >= 0.6 is 35.7 Å². The first-order valence-electron chi connectivity index (χ1n) is 10.1. The zero-order valence-corrected chi connectivity index (χ0v) is 21.2. The molecule has 1 aliphatic rings. The van der Waals surface area contributed by atoms with Gasteiger partial charge in [-0.1, -0.05) is 36.4 Å². The van der Waals surface area contributed by atoms with Crippen molar-refractivity contribution in [2.45, 2.75) is 29.0 Å². The van der Waals surface area contributed by atoms with E-state index in [-0.39, 0.29) is 28.7 Å². The van der Waals surface area contributed by atoms with Gasteiger partial charge in [-0.2, -0.15) is 0 Å². The van der Waals surface area contributed by atoms with Crippen molar-refractivity contribution in [1.29, 1.82) is 0 Å². The van der Waals surface area contributed by atoms with E-state index in [1.54, 1.807) is 0 Å². The SMILES string of the molecule is CN=C(NCc1ccccc1OCCN(C)C)NCC1(Sc2ccccc2)CC1.I. The fraction of sp³-hybridized carbons (Fsp3) is 0.435. The predicted octanol–water partition coefficient (Wildman–Crippen LogP) is 4.23. The topological polar surface area (TPSA) is 48.9 Å². The lowest BCUT2D eigenvalue weighted by atomic mass is 10.2. The number of nitrogens with zero attached hydrogens (tertiary/aromatic N) is 2. The minimum atomic E-state index is 0. The van der Waals surface area contributed by atoms with Crippen LogP contribution in [0.5, 0.6) is 5.75 Å². The molecule has 30 heavy (non-hydrogen) atoms. The van der Waals surface area contributed by atoms with Gasteiger partial charge in [-0.15, -0.1) is 35.7 Å². The number of benzene rings is 2. The molecule has 1 saturated carbocycles. The molecule has 2 N–H and O–H groups in total. The number of para-hydroxylation sites is 1. The second-order valence-corrected chi connectivity index (χ2v) is 9.18. The molecule has 1 aliphatic carbocycles. The highest BCUT2D eigenvalue weighted by Crippen LogP contribution is 2.51. The average molecular weight is 541 g/mol. The van der Waals surface area contributed by atoms with Gasteiger partial charge in [0.05, 0.1) is 0 Å². The normalized spacial score (nSPS) is 14.7. The summed E-state index contributed by atoms with van der Waals surface area (Å²) in [5.41, 5.74) is 1.13. The lowest BCUT2D eigenvalue weighted by Gasteiger charge is -2.19. The van der Waals surface area contributed by atoms with Gasteiger partial charge in [-0.05, 0) is 45.1 Å². The van der Waals surface area contributed by atoms with E-state index in [9.17, 15) is 0 Å². The fourth-order valence-corrected chi connectivity index (χ4v) is 4.21. The van der Waals surface area contributed by atoms with Crippen molar-refractivity contribution in [2.24, 2.45) is 4.99 Å². The predicted molar refractivity (Wildman–Crippen MR) is 138 cm³/mol. The Morgan fingerprint density at radius 3 is 2.43 bits per heavy atom. The molecule has 0 aromatic heterocycles. The van der Waals surface area contributed by atoms with Gasteiger partial charge in [0.1, 0.15) is 12.4 Å². The summed E-state index contributed by atoms with van der Waals surface area (Å²) in [6.07, 6.45) is 2.47. The number of nitrogens with one attached hydrogen (secondary N) is 2. The number of likely N-dealkylation sites (N-methyl/N-ethyl adjacent to an activating group) is 1. The Labute approximate surface area is 202 Å². The summed E-state index contributed by atoms with van der Waals surface area (Å²) < 4.78 is 6.24. The minimum absolute atomic E-state index is 0. The molecule has 0 amide bonds. The number of hydrogen-bond acceptors (Lipinski definition) is 4. The third kappa shape index (κ3) is 8.00. The summed E-state index contributed by atoms with van der Waals surface area (Å²) in [5, 5.41) is 6.94. The highest BCUT2D eigenvalue weighted by Gasteiger charge is 2.43. The summed E-state index contributed by atoms with van der Waals surface area (Å²) in [5.74, 6) is 1.75. The van der Waals surface area contributed by atoms with Crippen molar-refractivity contribution < 1.29 is 4.74 Å². The molecule has 164 valence electrons. The van der Waals surface area contributed by atoms with E-state index in [4.69, 9.17) is 4.74 Å². The quantitative estimate of drug-likeness (QED) is 0.268. The molecule has 0 bridgehead atoms. The zero-order valence-electron chi connectivity index (χ0n) is 18.1. The van der Waals surface area contributed by atoms with Crippen LogP contribution in [0.15, 0.2) is 64.5 Å². The van der Waals surface area contributed by atoms with E-state index >= 15 is 0 Å². The molecule has 0 aliphatic heterocycles. The maximum Gasteiger partial charge on any atom is 0.191 e. The molecule has 1 fully saturated rings. The van der Waals surface area contributed by atoms with E-state index in [2.05, 4.69) is 71.0 Å². The van der Waals surface area contributed by atoms with Gasteiger partial charge in [-0.3, -0.25) is 4.99 Å². The standard InChI is InChI=1S/C23H32N4OS.HI/c1-24-22(26-18-23(13-14-23)29-20-10-5-4-6-11-20)25-17-19-9-7-8-12-21(19)28-16-15-27(2)3;/h4-12H,13-18H2,1-3H3,(H2,24,25,26);1H. The molecule has 7 heteroatoms. The number of thioether (sulfide) groups is 1. The second kappa shape index (κ2) is 12.4. The molecule has 2 aromatic carbocycles. The summed E-state index contributed by atoms with van der Waals surface area (Å²) in [6.45, 7) is 3.16. The van der Waals surface area contributed by atoms with Gasteiger partial charge in [0.25, 0.3) is 0 Å². The first-order chi connectivity index (χ1) is 14.1. The first-order valence-corrected chi connectivity index (χ1v) is 11.0. The Balaban J connectivity index is 0.00000320. The molecule has 0 atom stereocenters. The van der Waals surface area contributed by atoms with Gasteiger partial charge < -0.3 is 20.3 Å². The molecule has 0 heterocycles. The Hall–Kier alpha value is -1.45. The number of guanidine groups is 1. The van der Waals surface area contributed by atoms with Gasteiger partial charge in [0, 0.05) is 41.9 Å². The van der Waals surface area contributed by atoms with Gasteiger partial charge in [-0.25, -0.2) is 0 Å². The molecule has 0 saturated heterocycles. The van der Waals surface area contributed by atoms with Crippen molar-refractivity contribution in [3.05, 3.63) is 60.2 Å². The lowest BCUT2D eigenvalue weighted by Crippen LogP contribution is -2.40. The minimum Gasteiger partial charge on any atom is -0.492 e. The lowest BCUT2D eigenvalue weighted by molar-refractivity contribution is 0.259. The molecule has 2 aromatic rings. The maximum absolute atomic E-state index is 5.96. The number of halogens is 1. The number of rotatable bonds is 10. The maximum atomic E-state index is 5.96. The van der Waals surface area contributed by atoms with E-state index in [0.29, 0.717) is 13.2 Å². The van der Waals surface area contributed by atoms with Crippen LogP contribution in [0.2, 0.25) is 0 Å². The molecule has 0 spiro atoms. The smallest absolute Gasteiger partial charge is 0.191 e. The van der Waals surface area contributed by atoms with Gasteiger partial charge in [0.2, 0.25) is 0 Å². The van der Waals surface area contributed by atoms with Crippen LogP contribution in [-0.4, -0.2) is 56.4 Å². The number of hydrogen-bond donors (Lipinski definition) is 2. The van der Waals surface area contributed by atoms with E-state index in [1.807, 2.05) is 37.0 Å². The highest BCUT2D eigenvalue weighted by atomic mass is 127. The molecule has 0 unspecified atom stereocenters. The van der Waals surface area contributed by atoms with Gasteiger partial charge >= 0.3 is 0 Å². The van der Waals surface area contributed by atoms with E-state index in [1.165, 1.54) is 17.7 Å². The van der Waals surface area contributed by atoms with Gasteiger partial charge in [0.15, 0.2) is 5.96 Å². The van der Waals surface area contributed by atoms with Crippen LogP contribution in [0.3, 0.4) is 0 Å². The van der Waals surface area contributed by atoms with Crippen LogP contribution in [0.25, 0.3) is 0 Å².